The quantitative estimate of drug-likeness (QED) is 0.505. The van der Waals surface area contributed by atoms with Crippen LogP contribution in [-0.4, -0.2) is 14.8 Å². The van der Waals surface area contributed by atoms with Gasteiger partial charge in [-0.3, -0.25) is 0 Å². The maximum atomic E-state index is 3.94. The fourth-order valence-corrected chi connectivity index (χ4v) is 1.09. The van der Waals surface area contributed by atoms with Crippen LogP contribution < -0.4 is 0 Å². The molecule has 47 valence electrons. The fourth-order valence-electron chi connectivity index (χ4n) is 1.09. The summed E-state index contributed by atoms with van der Waals surface area (Å²) in [5.74, 6) is 1.10. The highest BCUT2D eigenvalue weighted by molar-refractivity contribution is 4.95. The first-order valence-electron chi connectivity index (χ1n) is 3.18. The molecule has 0 bridgehead atoms. The highest BCUT2D eigenvalue weighted by atomic mass is 15.3. The Morgan fingerprint density at radius 1 is 1.56 bits per heavy atom. The van der Waals surface area contributed by atoms with E-state index in [0.717, 1.165) is 18.7 Å². The summed E-state index contributed by atoms with van der Waals surface area (Å²) in [6.45, 7) is 2.12. The smallest absolute Gasteiger partial charge is 0.133 e. The highest BCUT2D eigenvalue weighted by Gasteiger charge is 2.08. The molecule has 1 aromatic rings. The Hall–Kier alpha value is -0.860. The zero-order valence-corrected chi connectivity index (χ0v) is 5.12. The van der Waals surface area contributed by atoms with E-state index in [0.29, 0.717) is 0 Å². The van der Waals surface area contributed by atoms with Gasteiger partial charge in [-0.2, -0.15) is 0 Å². The van der Waals surface area contributed by atoms with Crippen LogP contribution in [0.1, 0.15) is 18.7 Å². The lowest BCUT2D eigenvalue weighted by Gasteiger charge is -2.09. The molecule has 0 fully saturated rings. The molecule has 0 spiro atoms. The second-order valence-electron chi connectivity index (χ2n) is 2.23. The predicted molar refractivity (Wildman–Crippen MR) is 32.7 cm³/mol. The van der Waals surface area contributed by atoms with Crippen molar-refractivity contribution in [2.75, 3.05) is 0 Å². The van der Waals surface area contributed by atoms with Crippen molar-refractivity contribution < 1.29 is 0 Å². The largest absolute Gasteiger partial charge is 0.312 e. The summed E-state index contributed by atoms with van der Waals surface area (Å²) in [6, 6.07) is 0. The molecule has 2 heterocycles. The number of nitrogens with zero attached hydrogens (tertiary/aromatic N) is 3. The van der Waals surface area contributed by atoms with E-state index in [1.165, 1.54) is 6.42 Å². The first kappa shape index (κ1) is 4.97. The van der Waals surface area contributed by atoms with Crippen molar-refractivity contribution >= 4 is 0 Å². The summed E-state index contributed by atoms with van der Waals surface area (Å²) in [6.07, 6.45) is 5.22. The molecule has 0 saturated carbocycles. The van der Waals surface area contributed by atoms with E-state index in [2.05, 4.69) is 16.7 Å². The van der Waals surface area contributed by atoms with E-state index >= 15 is 0 Å². The predicted octanol–water partition coefficient (Wildman–Crippen LogP) is 0.624. The van der Waals surface area contributed by atoms with Gasteiger partial charge in [0.05, 0.1) is 6.54 Å². The number of hydrogen-bond donors (Lipinski definition) is 0. The van der Waals surface area contributed by atoms with Crippen molar-refractivity contribution in [3.8, 4) is 0 Å². The molecule has 1 aliphatic rings. The van der Waals surface area contributed by atoms with Crippen molar-refractivity contribution in [2.45, 2.75) is 19.3 Å². The maximum Gasteiger partial charge on any atom is 0.133 e. The molecule has 0 amide bonds. The summed E-state index contributed by atoms with van der Waals surface area (Å²) in [5.41, 5.74) is 0. The molecule has 1 aliphatic heterocycles. The van der Waals surface area contributed by atoms with Crippen LogP contribution in [0, 0.1) is 6.54 Å². The van der Waals surface area contributed by atoms with Gasteiger partial charge in [-0.25, -0.2) is 0 Å². The van der Waals surface area contributed by atoms with Crippen LogP contribution in [0.4, 0.5) is 0 Å². The van der Waals surface area contributed by atoms with Crippen molar-refractivity contribution in [3.63, 3.8) is 0 Å². The molecule has 0 aliphatic carbocycles. The third-order valence-corrected chi connectivity index (χ3v) is 1.58. The van der Waals surface area contributed by atoms with Crippen LogP contribution >= 0.6 is 0 Å². The third-order valence-electron chi connectivity index (χ3n) is 1.58. The molecule has 0 aromatic carbocycles. The molecular formula is C6H8N3. The van der Waals surface area contributed by atoms with Gasteiger partial charge in [0.1, 0.15) is 12.2 Å². The molecule has 3 heteroatoms. The van der Waals surface area contributed by atoms with Crippen molar-refractivity contribution in [1.29, 1.82) is 0 Å². The van der Waals surface area contributed by atoms with E-state index in [9.17, 15) is 0 Å². The molecule has 0 unspecified atom stereocenters. The Bertz CT molecular complexity index is 183. The number of rotatable bonds is 0. The summed E-state index contributed by atoms with van der Waals surface area (Å²) in [4.78, 5) is 0. The number of fused-ring (bicyclic) bond motifs is 1. The average Bonchev–Trinajstić information content (AvgIpc) is 2.33. The van der Waals surface area contributed by atoms with E-state index in [-0.39, 0.29) is 0 Å². The van der Waals surface area contributed by atoms with E-state index in [4.69, 9.17) is 0 Å². The standard InChI is InChI=1S/C6H8N3/c1-2-4-9-5-7-8-6(9)3-1/h4-5H,1-3H2. The molecule has 0 atom stereocenters. The first-order valence-corrected chi connectivity index (χ1v) is 3.18. The minimum absolute atomic E-state index is 1.08. The Kier molecular flexibility index (Phi) is 1.01. The Morgan fingerprint density at radius 2 is 2.56 bits per heavy atom. The van der Waals surface area contributed by atoms with E-state index < -0.39 is 0 Å². The van der Waals surface area contributed by atoms with Crippen LogP contribution in [0.25, 0.3) is 0 Å². The summed E-state index contributed by atoms with van der Waals surface area (Å²) < 4.78 is 2.00. The van der Waals surface area contributed by atoms with Gasteiger partial charge >= 0.3 is 0 Å². The first-order chi connectivity index (χ1) is 4.47. The molecule has 1 radical (unpaired) electrons. The molecule has 0 N–H and O–H groups in total. The number of aryl methyl sites for hydroxylation is 1. The van der Waals surface area contributed by atoms with Crippen LogP contribution in [0.3, 0.4) is 0 Å². The molecule has 9 heavy (non-hydrogen) atoms. The Labute approximate surface area is 53.7 Å². The van der Waals surface area contributed by atoms with Crippen LogP contribution in [0.15, 0.2) is 6.33 Å². The second kappa shape index (κ2) is 1.83. The van der Waals surface area contributed by atoms with Crippen LogP contribution in [0.2, 0.25) is 0 Å². The molecule has 0 saturated heterocycles. The van der Waals surface area contributed by atoms with Gasteiger partial charge in [0, 0.05) is 6.42 Å². The Balaban J connectivity index is 2.39. The Morgan fingerprint density at radius 3 is 3.44 bits per heavy atom. The maximum absolute atomic E-state index is 3.94. The van der Waals surface area contributed by atoms with E-state index in [1.807, 2.05) is 4.57 Å². The lowest BCUT2D eigenvalue weighted by atomic mass is 10.2. The van der Waals surface area contributed by atoms with Gasteiger partial charge in [-0.05, 0) is 12.8 Å². The van der Waals surface area contributed by atoms with Crippen LogP contribution in [0.5, 0.6) is 0 Å². The molecule has 2 rings (SSSR count). The summed E-state index contributed by atoms with van der Waals surface area (Å²) in [7, 11) is 0. The van der Waals surface area contributed by atoms with Gasteiger partial charge in [-0.15, -0.1) is 10.2 Å². The average molecular weight is 122 g/mol. The minimum Gasteiger partial charge on any atom is -0.312 e. The lowest BCUT2D eigenvalue weighted by molar-refractivity contribution is 0.638. The van der Waals surface area contributed by atoms with Crippen molar-refractivity contribution in [3.05, 3.63) is 18.7 Å². The topological polar surface area (TPSA) is 30.7 Å². The highest BCUT2D eigenvalue weighted by Crippen LogP contribution is 2.11. The number of hydrogen-bond acceptors (Lipinski definition) is 2. The van der Waals surface area contributed by atoms with Gasteiger partial charge in [0.15, 0.2) is 0 Å². The van der Waals surface area contributed by atoms with Crippen molar-refractivity contribution in [1.82, 2.24) is 14.8 Å². The van der Waals surface area contributed by atoms with Crippen LogP contribution in [-0.2, 0) is 6.42 Å². The normalized spacial score (nSPS) is 17.3. The molecule has 1 aromatic heterocycles. The van der Waals surface area contributed by atoms with E-state index in [1.54, 1.807) is 6.33 Å². The van der Waals surface area contributed by atoms with Gasteiger partial charge < -0.3 is 4.57 Å². The van der Waals surface area contributed by atoms with Gasteiger partial charge in [0.25, 0.3) is 0 Å². The lowest BCUT2D eigenvalue weighted by Crippen LogP contribution is -2.06. The molecular weight excluding hydrogens is 114 g/mol. The third kappa shape index (κ3) is 0.724. The minimum atomic E-state index is 1.08. The van der Waals surface area contributed by atoms with Gasteiger partial charge in [-0.1, -0.05) is 0 Å². The molecule has 3 nitrogen and oxygen atoms in total. The zero-order valence-electron chi connectivity index (χ0n) is 5.12. The van der Waals surface area contributed by atoms with Crippen molar-refractivity contribution in [2.24, 2.45) is 0 Å². The van der Waals surface area contributed by atoms with Gasteiger partial charge in [0.2, 0.25) is 0 Å². The summed E-state index contributed by atoms with van der Waals surface area (Å²) >= 11 is 0. The summed E-state index contributed by atoms with van der Waals surface area (Å²) in [5, 5.41) is 7.72. The SMILES string of the molecule is [CH]1CCCc2nncn21. The monoisotopic (exact) mass is 122 g/mol. The number of aromatic nitrogens is 3. The zero-order chi connectivity index (χ0) is 6.10. The second-order valence-corrected chi connectivity index (χ2v) is 2.23. The fraction of sp³-hybridized carbons (Fsp3) is 0.500.